The number of amides is 1. The highest BCUT2D eigenvalue weighted by Gasteiger charge is 2.21. The minimum Gasteiger partial charge on any atom is -0.293 e. The Balaban J connectivity index is 1.63. The Bertz CT molecular complexity index is 990. The fraction of sp³-hybridized carbons (Fsp3) is 0.292. The number of carbonyl (C=O) groups excluding carboxylic acids is 1. The summed E-state index contributed by atoms with van der Waals surface area (Å²) in [6, 6.07) is 17.2. The smallest absolute Gasteiger partial charge is 0.240 e. The fourth-order valence-electron chi connectivity index (χ4n) is 3.78. The molecule has 1 aromatic heterocycles. The minimum absolute atomic E-state index is 0.107. The molecule has 2 heterocycles. The molecule has 1 amide bonds. The Kier molecular flexibility index (Phi) is 6.86. The zero-order chi connectivity index (χ0) is 21.8. The summed E-state index contributed by atoms with van der Waals surface area (Å²) in [4.78, 5) is 24.1. The van der Waals surface area contributed by atoms with E-state index in [1.54, 1.807) is 0 Å². The number of nitrogens with zero attached hydrogens (tertiary/aromatic N) is 3. The van der Waals surface area contributed by atoms with Crippen LogP contribution < -0.4 is 5.32 Å². The van der Waals surface area contributed by atoms with Crippen LogP contribution in [0.3, 0.4) is 0 Å². The van der Waals surface area contributed by atoms with Gasteiger partial charge in [-0.25, -0.2) is 9.97 Å². The van der Waals surface area contributed by atoms with E-state index in [1.165, 1.54) is 6.42 Å². The van der Waals surface area contributed by atoms with Crippen molar-refractivity contribution in [1.82, 2.24) is 14.9 Å². The van der Waals surface area contributed by atoms with Crippen molar-refractivity contribution >= 4 is 35.1 Å². The van der Waals surface area contributed by atoms with Gasteiger partial charge in [0.15, 0.2) is 0 Å². The predicted molar refractivity (Wildman–Crippen MR) is 126 cm³/mol. The molecule has 4 rings (SSSR count). The summed E-state index contributed by atoms with van der Waals surface area (Å²) < 4.78 is 0. The molecule has 160 valence electrons. The number of nitrogens with one attached hydrogen (secondary N) is 1. The first-order chi connectivity index (χ1) is 15.0. The van der Waals surface area contributed by atoms with Gasteiger partial charge in [0.05, 0.1) is 17.9 Å². The summed E-state index contributed by atoms with van der Waals surface area (Å²) in [5, 5.41) is 4.20. The number of hydrogen-bond donors (Lipinski definition) is 1. The van der Waals surface area contributed by atoms with Crippen molar-refractivity contribution in [2.75, 3.05) is 18.4 Å². The van der Waals surface area contributed by atoms with Crippen LogP contribution >= 0.6 is 23.2 Å². The third kappa shape index (κ3) is 5.62. The SMILES string of the molecule is C[C@H]1CCCCN1CC(=O)Nc1nc(-c2ccc(Cl)cc2)cc(-c2ccc(Cl)cc2)n1. The Morgan fingerprint density at radius 2 is 1.52 bits per heavy atom. The van der Waals surface area contributed by atoms with Gasteiger partial charge in [-0.1, -0.05) is 53.9 Å². The topological polar surface area (TPSA) is 58.1 Å². The van der Waals surface area contributed by atoms with E-state index in [2.05, 4.69) is 27.1 Å². The molecule has 31 heavy (non-hydrogen) atoms. The Morgan fingerprint density at radius 3 is 2.03 bits per heavy atom. The van der Waals surface area contributed by atoms with Crippen molar-refractivity contribution in [3.63, 3.8) is 0 Å². The lowest BCUT2D eigenvalue weighted by Gasteiger charge is -2.32. The molecule has 7 heteroatoms. The van der Waals surface area contributed by atoms with Gasteiger partial charge in [-0.3, -0.25) is 15.0 Å². The Morgan fingerprint density at radius 1 is 0.968 bits per heavy atom. The average molecular weight is 455 g/mol. The summed E-state index contributed by atoms with van der Waals surface area (Å²) >= 11 is 12.1. The largest absolute Gasteiger partial charge is 0.293 e. The van der Waals surface area contributed by atoms with Crippen molar-refractivity contribution < 1.29 is 4.79 Å². The third-order valence-corrected chi connectivity index (χ3v) is 6.05. The standard InChI is InChI=1S/C24H24Cl2N4O/c1-16-4-2-3-13-30(16)15-23(31)29-24-27-21(17-5-9-19(25)10-6-17)14-22(28-24)18-7-11-20(26)12-8-18/h5-12,14,16H,2-4,13,15H2,1H3,(H,27,28,29,31)/t16-/m0/s1. The van der Waals surface area contributed by atoms with Crippen molar-refractivity contribution in [3.05, 3.63) is 64.6 Å². The first kappa shape index (κ1) is 21.8. The van der Waals surface area contributed by atoms with E-state index in [1.807, 2.05) is 54.6 Å². The Hall–Kier alpha value is -2.47. The van der Waals surface area contributed by atoms with Crippen molar-refractivity contribution in [2.45, 2.75) is 32.2 Å². The van der Waals surface area contributed by atoms with E-state index < -0.39 is 0 Å². The molecule has 2 aromatic carbocycles. The van der Waals surface area contributed by atoms with E-state index in [0.717, 1.165) is 30.5 Å². The molecule has 1 fully saturated rings. The summed E-state index contributed by atoms with van der Waals surface area (Å²) in [5.74, 6) is 0.177. The lowest BCUT2D eigenvalue weighted by atomic mass is 10.0. The van der Waals surface area contributed by atoms with Gasteiger partial charge < -0.3 is 0 Å². The normalized spacial score (nSPS) is 16.8. The van der Waals surface area contributed by atoms with Gasteiger partial charge >= 0.3 is 0 Å². The number of aromatic nitrogens is 2. The van der Waals surface area contributed by atoms with Crippen molar-refractivity contribution in [1.29, 1.82) is 0 Å². The molecule has 0 saturated carbocycles. The van der Waals surface area contributed by atoms with Crippen LogP contribution in [0.1, 0.15) is 26.2 Å². The van der Waals surface area contributed by atoms with E-state index in [4.69, 9.17) is 23.2 Å². The van der Waals surface area contributed by atoms with Crippen LogP contribution in [-0.4, -0.2) is 39.9 Å². The first-order valence-electron chi connectivity index (χ1n) is 10.4. The van der Waals surface area contributed by atoms with Gasteiger partial charge in [-0.2, -0.15) is 0 Å². The lowest BCUT2D eigenvalue weighted by Crippen LogP contribution is -2.42. The summed E-state index contributed by atoms with van der Waals surface area (Å²) in [7, 11) is 0. The minimum atomic E-state index is -0.107. The third-order valence-electron chi connectivity index (χ3n) is 5.54. The van der Waals surface area contributed by atoms with Crippen LogP contribution in [0.2, 0.25) is 10.0 Å². The summed E-state index contributed by atoms with van der Waals surface area (Å²) in [6.45, 7) is 3.45. The molecule has 0 spiro atoms. The average Bonchev–Trinajstić information content (AvgIpc) is 2.76. The van der Waals surface area contributed by atoms with Gasteiger partial charge in [0, 0.05) is 27.2 Å². The summed E-state index contributed by atoms with van der Waals surface area (Å²) in [6.07, 6.45) is 3.47. The van der Waals surface area contributed by atoms with Crippen molar-refractivity contribution in [3.8, 4) is 22.5 Å². The molecule has 1 aliphatic heterocycles. The number of rotatable bonds is 5. The molecule has 1 atom stereocenters. The van der Waals surface area contributed by atoms with Gasteiger partial charge in [0.1, 0.15) is 0 Å². The quantitative estimate of drug-likeness (QED) is 0.518. The molecule has 5 nitrogen and oxygen atoms in total. The maximum absolute atomic E-state index is 12.7. The zero-order valence-electron chi connectivity index (χ0n) is 17.3. The van der Waals surface area contributed by atoms with Crippen LogP contribution in [0.5, 0.6) is 0 Å². The van der Waals surface area contributed by atoms with Crippen LogP contribution in [0.25, 0.3) is 22.5 Å². The number of anilines is 1. The number of likely N-dealkylation sites (tertiary alicyclic amines) is 1. The molecule has 0 unspecified atom stereocenters. The molecule has 1 N–H and O–H groups in total. The highest BCUT2D eigenvalue weighted by Crippen LogP contribution is 2.27. The molecular weight excluding hydrogens is 431 g/mol. The van der Waals surface area contributed by atoms with Gasteiger partial charge in [-0.05, 0) is 56.6 Å². The van der Waals surface area contributed by atoms with E-state index >= 15 is 0 Å². The van der Waals surface area contributed by atoms with Crippen LogP contribution in [-0.2, 0) is 4.79 Å². The van der Waals surface area contributed by atoms with E-state index in [9.17, 15) is 4.79 Å². The van der Waals surface area contributed by atoms with E-state index in [0.29, 0.717) is 34.0 Å². The van der Waals surface area contributed by atoms with Crippen LogP contribution in [0, 0.1) is 0 Å². The molecular formula is C24H24Cl2N4O. The van der Waals surface area contributed by atoms with Gasteiger partial charge in [-0.15, -0.1) is 0 Å². The molecule has 1 aliphatic rings. The maximum atomic E-state index is 12.7. The highest BCUT2D eigenvalue weighted by molar-refractivity contribution is 6.30. The molecule has 3 aromatic rings. The van der Waals surface area contributed by atoms with E-state index in [-0.39, 0.29) is 11.9 Å². The molecule has 1 saturated heterocycles. The second-order valence-electron chi connectivity index (χ2n) is 7.84. The Labute approximate surface area is 192 Å². The van der Waals surface area contributed by atoms with Gasteiger partial charge in [0.25, 0.3) is 0 Å². The second-order valence-corrected chi connectivity index (χ2v) is 8.71. The lowest BCUT2D eigenvalue weighted by molar-refractivity contribution is -0.118. The predicted octanol–water partition coefficient (Wildman–Crippen LogP) is 5.93. The second kappa shape index (κ2) is 9.77. The number of hydrogen-bond acceptors (Lipinski definition) is 4. The number of piperidine rings is 1. The monoisotopic (exact) mass is 454 g/mol. The molecule has 0 bridgehead atoms. The van der Waals surface area contributed by atoms with Crippen molar-refractivity contribution in [2.24, 2.45) is 0 Å². The zero-order valence-corrected chi connectivity index (χ0v) is 18.8. The fourth-order valence-corrected chi connectivity index (χ4v) is 4.03. The van der Waals surface area contributed by atoms with Crippen LogP contribution in [0.4, 0.5) is 5.95 Å². The summed E-state index contributed by atoms with van der Waals surface area (Å²) in [5.41, 5.74) is 3.20. The molecule has 0 aliphatic carbocycles. The number of benzene rings is 2. The first-order valence-corrected chi connectivity index (χ1v) is 11.2. The molecule has 0 radical (unpaired) electrons. The van der Waals surface area contributed by atoms with Gasteiger partial charge in [0.2, 0.25) is 11.9 Å². The highest BCUT2D eigenvalue weighted by atomic mass is 35.5. The maximum Gasteiger partial charge on any atom is 0.240 e. The number of halogens is 2. The van der Waals surface area contributed by atoms with Crippen LogP contribution in [0.15, 0.2) is 54.6 Å². The number of carbonyl (C=O) groups is 1.